The van der Waals surface area contributed by atoms with Crippen LogP contribution in [0.5, 0.6) is 0 Å². The highest BCUT2D eigenvalue weighted by Crippen LogP contribution is 2.41. The van der Waals surface area contributed by atoms with Crippen LogP contribution in [-0.4, -0.2) is 73.2 Å². The number of aliphatic hydroxyl groups is 1. The Morgan fingerprint density at radius 2 is 2.07 bits per heavy atom. The van der Waals surface area contributed by atoms with Crippen LogP contribution in [0.3, 0.4) is 0 Å². The number of fused-ring (bicyclic) bond motifs is 2. The fourth-order valence-electron chi connectivity index (χ4n) is 4.71. The summed E-state index contributed by atoms with van der Waals surface area (Å²) >= 11 is 0. The minimum atomic E-state index is -0.401. The van der Waals surface area contributed by atoms with E-state index in [1.165, 1.54) is 0 Å². The van der Waals surface area contributed by atoms with Gasteiger partial charge in [-0.15, -0.1) is 5.10 Å². The van der Waals surface area contributed by atoms with Gasteiger partial charge in [-0.3, -0.25) is 0 Å². The van der Waals surface area contributed by atoms with Gasteiger partial charge in [-0.2, -0.15) is 4.98 Å². The SMILES string of the molecule is CN(C)Cc1cn([C@@H]2C[C@@H]3CN(c4ncc5cc[nH]c5n4)C[C@@H]3C[C@H]2O)nn1. The van der Waals surface area contributed by atoms with Crippen LogP contribution in [0.25, 0.3) is 11.0 Å². The maximum absolute atomic E-state index is 10.8. The Kier molecular flexibility index (Phi) is 4.28. The molecule has 2 aliphatic rings. The third-order valence-corrected chi connectivity index (χ3v) is 6.05. The molecule has 148 valence electrons. The van der Waals surface area contributed by atoms with Crippen LogP contribution in [0.2, 0.25) is 0 Å². The molecule has 2 N–H and O–H groups in total. The van der Waals surface area contributed by atoms with Gasteiger partial charge in [-0.1, -0.05) is 5.21 Å². The van der Waals surface area contributed by atoms with Gasteiger partial charge in [0.05, 0.1) is 24.0 Å². The number of aromatic nitrogens is 6. The second kappa shape index (κ2) is 6.82. The number of hydrogen-bond acceptors (Lipinski definition) is 7. The zero-order valence-electron chi connectivity index (χ0n) is 16.2. The molecule has 9 heteroatoms. The summed E-state index contributed by atoms with van der Waals surface area (Å²) in [7, 11) is 4.03. The zero-order valence-corrected chi connectivity index (χ0v) is 16.2. The Hall–Kier alpha value is -2.52. The lowest BCUT2D eigenvalue weighted by atomic mass is 9.77. The predicted molar refractivity (Wildman–Crippen MR) is 105 cm³/mol. The molecule has 1 aliphatic heterocycles. The Labute approximate surface area is 163 Å². The summed E-state index contributed by atoms with van der Waals surface area (Å²) in [6.45, 7) is 2.56. The first-order chi connectivity index (χ1) is 13.6. The van der Waals surface area contributed by atoms with E-state index >= 15 is 0 Å². The Balaban J connectivity index is 1.31. The van der Waals surface area contributed by atoms with Gasteiger partial charge in [0.1, 0.15) is 5.65 Å². The molecule has 0 amide bonds. The maximum atomic E-state index is 10.8. The molecule has 0 aromatic carbocycles. The largest absolute Gasteiger partial charge is 0.391 e. The summed E-state index contributed by atoms with van der Waals surface area (Å²) in [6.07, 6.45) is 7.01. The van der Waals surface area contributed by atoms with Crippen molar-refractivity contribution >= 4 is 17.0 Å². The van der Waals surface area contributed by atoms with Crippen molar-refractivity contribution in [2.24, 2.45) is 11.8 Å². The quantitative estimate of drug-likeness (QED) is 0.696. The Morgan fingerprint density at radius 1 is 1.25 bits per heavy atom. The maximum Gasteiger partial charge on any atom is 0.227 e. The average molecular weight is 382 g/mol. The van der Waals surface area contributed by atoms with E-state index in [1.54, 1.807) is 0 Å². The number of anilines is 1. The predicted octanol–water partition coefficient (Wildman–Crippen LogP) is 1.06. The van der Waals surface area contributed by atoms with Gasteiger partial charge >= 0.3 is 0 Å². The fraction of sp³-hybridized carbons (Fsp3) is 0.579. The molecule has 0 unspecified atom stereocenters. The van der Waals surface area contributed by atoms with E-state index < -0.39 is 6.10 Å². The highest BCUT2D eigenvalue weighted by atomic mass is 16.3. The number of nitrogens with zero attached hydrogens (tertiary/aromatic N) is 7. The topological polar surface area (TPSA) is 99.0 Å². The molecular formula is C19H26N8O. The van der Waals surface area contributed by atoms with Crippen LogP contribution < -0.4 is 4.90 Å². The van der Waals surface area contributed by atoms with Crippen molar-refractivity contribution in [2.75, 3.05) is 32.1 Å². The van der Waals surface area contributed by atoms with Gasteiger partial charge in [-0.25, -0.2) is 9.67 Å². The van der Waals surface area contributed by atoms with Crippen molar-refractivity contribution in [3.63, 3.8) is 0 Å². The second-order valence-electron chi connectivity index (χ2n) is 8.41. The van der Waals surface area contributed by atoms with Crippen molar-refractivity contribution < 1.29 is 5.11 Å². The first-order valence-corrected chi connectivity index (χ1v) is 9.85. The molecule has 0 bridgehead atoms. The van der Waals surface area contributed by atoms with E-state index in [1.807, 2.05) is 43.4 Å². The number of rotatable bonds is 4. The van der Waals surface area contributed by atoms with E-state index in [0.29, 0.717) is 11.8 Å². The van der Waals surface area contributed by atoms with Crippen LogP contribution in [0.1, 0.15) is 24.6 Å². The number of hydrogen-bond donors (Lipinski definition) is 2. The van der Waals surface area contributed by atoms with E-state index in [2.05, 4.69) is 35.1 Å². The molecule has 28 heavy (non-hydrogen) atoms. The monoisotopic (exact) mass is 382 g/mol. The molecule has 5 rings (SSSR count). The molecule has 2 fully saturated rings. The van der Waals surface area contributed by atoms with Crippen molar-refractivity contribution in [3.05, 3.63) is 30.4 Å². The van der Waals surface area contributed by atoms with Crippen molar-refractivity contribution in [3.8, 4) is 0 Å². The van der Waals surface area contributed by atoms with E-state index in [9.17, 15) is 5.11 Å². The number of aromatic amines is 1. The highest BCUT2D eigenvalue weighted by molar-refractivity contribution is 5.75. The molecule has 3 aromatic heterocycles. The first-order valence-electron chi connectivity index (χ1n) is 9.85. The normalized spacial score (nSPS) is 27.6. The van der Waals surface area contributed by atoms with Gasteiger partial charge < -0.3 is 19.9 Å². The lowest BCUT2D eigenvalue weighted by Gasteiger charge is -2.34. The lowest BCUT2D eigenvalue weighted by Crippen LogP contribution is -2.36. The molecule has 4 atom stereocenters. The van der Waals surface area contributed by atoms with Crippen LogP contribution in [0.15, 0.2) is 24.7 Å². The number of aliphatic hydroxyl groups excluding tert-OH is 1. The highest BCUT2D eigenvalue weighted by Gasteiger charge is 2.43. The fourth-order valence-corrected chi connectivity index (χ4v) is 4.71. The average Bonchev–Trinajstić information content (AvgIpc) is 3.38. The van der Waals surface area contributed by atoms with Crippen LogP contribution >= 0.6 is 0 Å². The van der Waals surface area contributed by atoms with Crippen molar-refractivity contribution in [1.82, 2.24) is 34.8 Å². The third-order valence-electron chi connectivity index (χ3n) is 6.05. The van der Waals surface area contributed by atoms with Crippen molar-refractivity contribution in [2.45, 2.75) is 31.5 Å². The minimum Gasteiger partial charge on any atom is -0.391 e. The molecule has 1 saturated heterocycles. The first kappa shape index (κ1) is 17.6. The van der Waals surface area contributed by atoms with Crippen molar-refractivity contribution in [1.29, 1.82) is 0 Å². The molecule has 4 heterocycles. The molecule has 0 radical (unpaired) electrons. The lowest BCUT2D eigenvalue weighted by molar-refractivity contribution is 0.0298. The second-order valence-corrected chi connectivity index (χ2v) is 8.41. The van der Waals surface area contributed by atoms with E-state index in [-0.39, 0.29) is 6.04 Å². The number of H-pyrrole nitrogens is 1. The minimum absolute atomic E-state index is 0.0172. The van der Waals surface area contributed by atoms with Crippen LogP contribution in [0, 0.1) is 11.8 Å². The molecule has 1 saturated carbocycles. The summed E-state index contributed by atoms with van der Waals surface area (Å²) in [5.41, 5.74) is 1.80. The zero-order chi connectivity index (χ0) is 19.3. The van der Waals surface area contributed by atoms with Gasteiger partial charge in [-0.05, 0) is 44.8 Å². The van der Waals surface area contributed by atoms with Crippen LogP contribution in [-0.2, 0) is 6.54 Å². The summed E-state index contributed by atoms with van der Waals surface area (Å²) in [5, 5.41) is 20.4. The summed E-state index contributed by atoms with van der Waals surface area (Å²) in [5.74, 6) is 1.72. The van der Waals surface area contributed by atoms with Gasteiger partial charge in [0, 0.05) is 37.4 Å². The Bertz CT molecular complexity index is 966. The van der Waals surface area contributed by atoms with Gasteiger partial charge in [0.2, 0.25) is 5.95 Å². The molecule has 9 nitrogen and oxygen atoms in total. The molecule has 1 aliphatic carbocycles. The van der Waals surface area contributed by atoms with Gasteiger partial charge in [0.25, 0.3) is 0 Å². The van der Waals surface area contributed by atoms with Crippen LogP contribution in [0.4, 0.5) is 5.95 Å². The van der Waals surface area contributed by atoms with E-state index in [0.717, 1.165) is 55.2 Å². The standard InChI is InChI=1S/C19H26N8O/c1-25(2)10-15-11-27(24-23-15)16-5-13-8-26(9-14(13)6-17(16)28)19-21-7-12-3-4-20-18(12)22-19/h3-4,7,11,13-14,16-17,28H,5-6,8-10H2,1-2H3,(H,20,21,22)/t13-,14+,16-,17-/m1/s1. The molecular weight excluding hydrogens is 356 g/mol. The Morgan fingerprint density at radius 3 is 2.89 bits per heavy atom. The van der Waals surface area contributed by atoms with Gasteiger partial charge in [0.15, 0.2) is 0 Å². The summed E-state index contributed by atoms with van der Waals surface area (Å²) in [6, 6.07) is 1.96. The summed E-state index contributed by atoms with van der Waals surface area (Å²) < 4.78 is 1.86. The number of nitrogens with one attached hydrogen (secondary N) is 1. The molecule has 3 aromatic rings. The molecule has 0 spiro atoms. The summed E-state index contributed by atoms with van der Waals surface area (Å²) in [4.78, 5) is 16.7. The third kappa shape index (κ3) is 3.14. The van der Waals surface area contributed by atoms with E-state index in [4.69, 9.17) is 0 Å². The smallest absolute Gasteiger partial charge is 0.227 e.